The molecule has 104 valence electrons. The van der Waals surface area contributed by atoms with Gasteiger partial charge in [0.15, 0.2) is 0 Å². The van der Waals surface area contributed by atoms with Crippen molar-refractivity contribution in [2.45, 2.75) is 69.4 Å². The second kappa shape index (κ2) is 6.92. The SMILES string of the molecule is [2H]C[C@H]1S[C@@H]([B])[C@@H](F)[C@@H]1OP(C)N(C(C)C)C(C)C. The van der Waals surface area contributed by atoms with Gasteiger partial charge in [-0.25, -0.2) is 4.39 Å². The van der Waals surface area contributed by atoms with Crippen LogP contribution in [-0.4, -0.2) is 53.9 Å². The maximum Gasteiger partial charge on any atom is 0.131 e. The maximum absolute atomic E-state index is 14.1. The van der Waals surface area contributed by atoms with Gasteiger partial charge in [0, 0.05) is 23.9 Å². The molecule has 2 radical (unpaired) electrons. The van der Waals surface area contributed by atoms with Gasteiger partial charge in [-0.1, -0.05) is 6.90 Å². The van der Waals surface area contributed by atoms with E-state index in [1.165, 1.54) is 11.8 Å². The van der Waals surface area contributed by atoms with Gasteiger partial charge < -0.3 is 4.52 Å². The van der Waals surface area contributed by atoms with E-state index in [1.54, 1.807) is 0 Å². The first-order chi connectivity index (χ1) is 8.79. The Morgan fingerprint density at radius 1 is 1.39 bits per heavy atom. The molecule has 0 spiro atoms. The van der Waals surface area contributed by atoms with Gasteiger partial charge in [0.25, 0.3) is 0 Å². The molecule has 0 aliphatic carbocycles. The van der Waals surface area contributed by atoms with Gasteiger partial charge in [-0.15, -0.1) is 0 Å². The molecule has 1 unspecified atom stereocenters. The van der Waals surface area contributed by atoms with Gasteiger partial charge in [0.2, 0.25) is 0 Å². The Labute approximate surface area is 119 Å². The largest absolute Gasteiger partial charge is 0.336 e. The van der Waals surface area contributed by atoms with E-state index in [-0.39, 0.29) is 12.1 Å². The summed E-state index contributed by atoms with van der Waals surface area (Å²) in [6.07, 6.45) is -1.72. The molecule has 1 fully saturated rings. The van der Waals surface area contributed by atoms with Crippen LogP contribution in [0.25, 0.3) is 0 Å². The average Bonchev–Trinajstić information content (AvgIpc) is 2.55. The first-order valence-electron chi connectivity index (χ1n) is 7.03. The summed E-state index contributed by atoms with van der Waals surface area (Å²) >= 11 is 1.33. The van der Waals surface area contributed by atoms with E-state index in [4.69, 9.17) is 13.7 Å². The molecule has 0 aromatic rings. The van der Waals surface area contributed by atoms with Crippen LogP contribution in [-0.2, 0) is 4.52 Å². The minimum absolute atomic E-state index is 0.149. The third-order valence-electron chi connectivity index (χ3n) is 2.98. The first-order valence-corrected chi connectivity index (χ1v) is 8.92. The predicted molar refractivity (Wildman–Crippen MR) is 81.3 cm³/mol. The standard InChI is InChI=1S/C12H24BFNOPS/c1-7(2)15(8(3)4)17(6)16-11-9(5)18-12(13)10(11)14/h7-12H,1-6H3/t9-,10+,11-,12-,17?/m1/s1/i5D. The highest BCUT2D eigenvalue weighted by molar-refractivity contribution is 8.02. The van der Waals surface area contributed by atoms with Gasteiger partial charge in [-0.3, -0.25) is 4.67 Å². The molecule has 1 rings (SSSR count). The Morgan fingerprint density at radius 2 is 1.94 bits per heavy atom. The third kappa shape index (κ3) is 3.85. The summed E-state index contributed by atoms with van der Waals surface area (Å²) in [5.41, 5.74) is 0. The molecule has 1 aliphatic rings. The van der Waals surface area contributed by atoms with E-state index in [0.717, 1.165) is 0 Å². The monoisotopic (exact) mass is 292 g/mol. The Morgan fingerprint density at radius 3 is 2.39 bits per heavy atom. The van der Waals surface area contributed by atoms with Crippen molar-refractivity contribution in [1.82, 2.24) is 4.67 Å². The van der Waals surface area contributed by atoms with Crippen LogP contribution in [0.15, 0.2) is 0 Å². The quantitative estimate of drug-likeness (QED) is 0.569. The minimum atomic E-state index is -1.17. The smallest absolute Gasteiger partial charge is 0.131 e. The molecule has 1 aliphatic heterocycles. The van der Waals surface area contributed by atoms with Crippen molar-refractivity contribution in [1.29, 1.82) is 0 Å². The zero-order valence-electron chi connectivity index (χ0n) is 12.8. The second-order valence-electron chi connectivity index (χ2n) is 5.19. The van der Waals surface area contributed by atoms with Gasteiger partial charge in [0.05, 0.1) is 7.85 Å². The number of alkyl halides is 1. The Kier molecular flexibility index (Phi) is 5.80. The first kappa shape index (κ1) is 15.1. The van der Waals surface area contributed by atoms with Gasteiger partial charge in [-0.2, -0.15) is 11.8 Å². The summed E-state index contributed by atoms with van der Waals surface area (Å²) in [6, 6.07) is 0.706. The molecular formula is C12H24BFNOPS. The van der Waals surface area contributed by atoms with Gasteiger partial charge in [0.1, 0.15) is 20.6 Å². The number of thioether (sulfide) groups is 1. The maximum atomic E-state index is 14.1. The predicted octanol–water partition coefficient (Wildman–Crippen LogP) is 3.40. The van der Waals surface area contributed by atoms with Crippen molar-refractivity contribution in [2.24, 2.45) is 0 Å². The molecule has 5 atom stereocenters. The number of hydrogen-bond donors (Lipinski definition) is 0. The van der Waals surface area contributed by atoms with Crippen LogP contribution >= 0.6 is 20.1 Å². The fraction of sp³-hybridized carbons (Fsp3) is 1.00. The molecule has 0 bridgehead atoms. The summed E-state index contributed by atoms with van der Waals surface area (Å²) in [5.74, 6) is 0. The van der Waals surface area contributed by atoms with E-state index in [0.29, 0.717) is 12.1 Å². The van der Waals surface area contributed by atoms with Crippen LogP contribution in [0.1, 0.15) is 36.0 Å². The van der Waals surface area contributed by atoms with Crippen LogP contribution in [0.5, 0.6) is 0 Å². The topological polar surface area (TPSA) is 12.5 Å². The van der Waals surface area contributed by atoms with Crippen molar-refractivity contribution in [3.8, 4) is 0 Å². The fourth-order valence-electron chi connectivity index (χ4n) is 2.35. The molecule has 18 heavy (non-hydrogen) atoms. The van der Waals surface area contributed by atoms with Crippen LogP contribution in [0.4, 0.5) is 4.39 Å². The highest BCUT2D eigenvalue weighted by Crippen LogP contribution is 2.47. The summed E-state index contributed by atoms with van der Waals surface area (Å²) in [5, 5.41) is -0.716. The molecule has 0 saturated carbocycles. The summed E-state index contributed by atoms with van der Waals surface area (Å²) in [6.45, 7) is 10.6. The van der Waals surface area contributed by atoms with E-state index < -0.39 is 25.7 Å². The Bertz CT molecular complexity index is 282. The van der Waals surface area contributed by atoms with Gasteiger partial charge >= 0.3 is 0 Å². The lowest BCUT2D eigenvalue weighted by Gasteiger charge is -2.37. The zero-order valence-corrected chi connectivity index (χ0v) is 13.5. The normalized spacial score (nSPS) is 35.5. The molecule has 0 aromatic heterocycles. The van der Waals surface area contributed by atoms with E-state index in [9.17, 15) is 4.39 Å². The van der Waals surface area contributed by atoms with Crippen LogP contribution in [0.3, 0.4) is 0 Å². The lowest BCUT2D eigenvalue weighted by Crippen LogP contribution is -2.36. The summed E-state index contributed by atoms with van der Waals surface area (Å²) < 4.78 is 29.8. The second-order valence-corrected chi connectivity index (χ2v) is 8.21. The average molecular weight is 292 g/mol. The number of nitrogens with zero attached hydrogens (tertiary/aromatic N) is 1. The number of halogens is 1. The van der Waals surface area contributed by atoms with Gasteiger partial charge in [-0.05, 0) is 34.4 Å². The van der Waals surface area contributed by atoms with Crippen molar-refractivity contribution in [2.75, 3.05) is 6.66 Å². The molecular weight excluding hydrogens is 267 g/mol. The minimum Gasteiger partial charge on any atom is -0.336 e. The lowest BCUT2D eigenvalue weighted by molar-refractivity contribution is 0.118. The molecule has 0 amide bonds. The van der Waals surface area contributed by atoms with Crippen molar-refractivity contribution < 1.29 is 10.3 Å². The highest BCUT2D eigenvalue weighted by atomic mass is 32.2. The molecule has 1 heterocycles. The van der Waals surface area contributed by atoms with Crippen LogP contribution < -0.4 is 0 Å². The third-order valence-corrected chi connectivity index (χ3v) is 6.30. The Balaban J connectivity index is 2.71. The molecule has 2 nitrogen and oxygen atoms in total. The summed E-state index contributed by atoms with van der Waals surface area (Å²) in [7, 11) is 4.85. The van der Waals surface area contributed by atoms with Crippen molar-refractivity contribution in [3.63, 3.8) is 0 Å². The van der Waals surface area contributed by atoms with Crippen molar-refractivity contribution in [3.05, 3.63) is 0 Å². The molecule has 6 heteroatoms. The fourth-order valence-corrected chi connectivity index (χ4v) is 5.53. The Hall–Kier alpha value is 0.695. The van der Waals surface area contributed by atoms with Crippen LogP contribution in [0.2, 0.25) is 0 Å². The molecule has 1 saturated heterocycles. The molecule has 0 aromatic carbocycles. The lowest BCUT2D eigenvalue weighted by atomic mass is 9.96. The van der Waals surface area contributed by atoms with Crippen molar-refractivity contribution >= 4 is 27.9 Å². The van der Waals surface area contributed by atoms with Crippen LogP contribution in [0, 0.1) is 0 Å². The zero-order chi connectivity index (χ0) is 14.7. The summed E-state index contributed by atoms with van der Waals surface area (Å²) in [4.78, 5) is 0. The van der Waals surface area contributed by atoms with E-state index >= 15 is 0 Å². The highest BCUT2D eigenvalue weighted by Gasteiger charge is 2.42. The van der Waals surface area contributed by atoms with E-state index in [2.05, 4.69) is 32.4 Å². The number of rotatable bonds is 5. The van der Waals surface area contributed by atoms with E-state index in [1.807, 2.05) is 6.66 Å². The molecule has 0 N–H and O–H groups in total. The number of hydrogen-bond acceptors (Lipinski definition) is 3.